The Hall–Kier alpha value is -2.93. The number of nitrogens with zero attached hydrogens (tertiary/aromatic N) is 3. The second-order valence-corrected chi connectivity index (χ2v) is 11.3. The molecule has 0 spiro atoms. The predicted molar refractivity (Wildman–Crippen MR) is 149 cm³/mol. The number of rotatable bonds is 9. The van der Waals surface area contributed by atoms with E-state index in [0.29, 0.717) is 44.5 Å². The van der Waals surface area contributed by atoms with E-state index in [2.05, 4.69) is 15.6 Å². The number of carboxylic acid groups (broad SMARTS) is 1. The maximum atomic E-state index is 12.9. The zero-order valence-electron chi connectivity index (χ0n) is 20.4. The normalized spacial score (nSPS) is 18.8. The number of benzene rings is 1. The molecular formula is C24H25Cl2N6O4S2+. The van der Waals surface area contributed by atoms with Crippen molar-refractivity contribution in [2.75, 3.05) is 29.6 Å². The molecule has 10 nitrogen and oxygen atoms in total. The van der Waals surface area contributed by atoms with Crippen LogP contribution in [-0.2, 0) is 20.9 Å². The highest BCUT2D eigenvalue weighted by Gasteiger charge is 2.53. The quantitative estimate of drug-likeness (QED) is 0.195. The minimum absolute atomic E-state index is 0.0303. The second-order valence-electron chi connectivity index (χ2n) is 8.37. The molecule has 2 atom stereocenters. The van der Waals surface area contributed by atoms with E-state index in [0.717, 1.165) is 5.82 Å². The molecule has 5 N–H and O–H groups in total. The van der Waals surface area contributed by atoms with E-state index in [1.807, 2.05) is 17.6 Å². The predicted octanol–water partition coefficient (Wildman–Crippen LogP) is 2.70. The van der Waals surface area contributed by atoms with Crippen molar-refractivity contribution in [1.82, 2.24) is 15.2 Å². The van der Waals surface area contributed by atoms with Gasteiger partial charge >= 0.3 is 5.97 Å². The lowest BCUT2D eigenvalue weighted by atomic mass is 10.0. The Morgan fingerprint density at radius 1 is 1.37 bits per heavy atom. The summed E-state index contributed by atoms with van der Waals surface area (Å²) in [6.07, 6.45) is 3.52. The Balaban J connectivity index is 1.43. The number of nitrogens with two attached hydrogens (primary N) is 1. The lowest BCUT2D eigenvalue weighted by Crippen LogP contribution is -2.70. The molecule has 0 bridgehead atoms. The molecule has 0 radical (unpaired) electrons. The van der Waals surface area contributed by atoms with Crippen LogP contribution in [0.5, 0.6) is 0 Å². The molecule has 2 aliphatic heterocycles. The van der Waals surface area contributed by atoms with Gasteiger partial charge in [0.1, 0.15) is 17.1 Å². The fourth-order valence-corrected chi connectivity index (χ4v) is 6.75. The Labute approximate surface area is 237 Å². The van der Waals surface area contributed by atoms with Crippen LogP contribution >= 0.6 is 46.7 Å². The van der Waals surface area contributed by atoms with Gasteiger partial charge in [-0.1, -0.05) is 40.3 Å². The number of thioether (sulfide) groups is 2. The molecule has 0 aliphatic carbocycles. The summed E-state index contributed by atoms with van der Waals surface area (Å²) in [7, 11) is 1.77. The number of aromatic nitrogens is 2. The van der Waals surface area contributed by atoms with Crippen LogP contribution in [0.15, 0.2) is 52.6 Å². The number of hydrogen-bond acceptors (Lipinski definition) is 8. The van der Waals surface area contributed by atoms with Crippen LogP contribution in [0.2, 0.25) is 10.0 Å². The van der Waals surface area contributed by atoms with E-state index < -0.39 is 23.3 Å². The SMILES string of the molecule is CNc1cc(N)nc(C)[n+]1CC=CC1=C(C(=O)O)N2C(=O)[C@@H](NC(=O)CSc3cc(Cl)ccc3Cl)[C@H]2SC1. The summed E-state index contributed by atoms with van der Waals surface area (Å²) in [5.74, 6) is 0.220. The van der Waals surface area contributed by atoms with Crippen molar-refractivity contribution in [1.29, 1.82) is 0 Å². The molecule has 1 aromatic heterocycles. The Morgan fingerprint density at radius 3 is 2.84 bits per heavy atom. The van der Waals surface area contributed by atoms with E-state index in [1.54, 1.807) is 37.4 Å². The number of anilines is 2. The average molecular weight is 597 g/mol. The van der Waals surface area contributed by atoms with Crippen molar-refractivity contribution in [2.24, 2.45) is 0 Å². The highest BCUT2D eigenvalue weighted by Crippen LogP contribution is 2.40. The number of allylic oxidation sites excluding steroid dienone is 2. The fourth-order valence-electron chi connectivity index (χ4n) is 4.13. The maximum absolute atomic E-state index is 12.9. The van der Waals surface area contributed by atoms with Crippen molar-refractivity contribution in [2.45, 2.75) is 29.8 Å². The number of carboxylic acids is 1. The maximum Gasteiger partial charge on any atom is 0.352 e. The molecule has 2 aliphatic rings. The fraction of sp³-hybridized carbons (Fsp3) is 0.292. The van der Waals surface area contributed by atoms with E-state index in [9.17, 15) is 19.5 Å². The number of hydrogen-bond donors (Lipinski definition) is 4. The molecule has 3 heterocycles. The largest absolute Gasteiger partial charge is 0.477 e. The lowest BCUT2D eigenvalue weighted by Gasteiger charge is -2.49. The van der Waals surface area contributed by atoms with Crippen LogP contribution in [0.3, 0.4) is 0 Å². The average Bonchev–Trinajstić information content (AvgIpc) is 2.88. The van der Waals surface area contributed by atoms with Gasteiger partial charge in [-0.05, 0) is 23.8 Å². The summed E-state index contributed by atoms with van der Waals surface area (Å²) in [6.45, 7) is 2.24. The van der Waals surface area contributed by atoms with E-state index in [1.165, 1.54) is 28.4 Å². The number of fused-ring (bicyclic) bond motifs is 1. The topological polar surface area (TPSA) is 142 Å². The van der Waals surface area contributed by atoms with E-state index in [-0.39, 0.29) is 17.4 Å². The molecule has 4 rings (SSSR count). The number of nitrogen functional groups attached to an aromatic ring is 1. The first-order valence-electron chi connectivity index (χ1n) is 11.4. The van der Waals surface area contributed by atoms with Gasteiger partial charge in [0.25, 0.3) is 5.91 Å². The summed E-state index contributed by atoms with van der Waals surface area (Å²) >= 11 is 14.7. The van der Waals surface area contributed by atoms with Crippen molar-refractivity contribution < 1.29 is 24.1 Å². The number of amides is 2. The first-order valence-corrected chi connectivity index (χ1v) is 14.2. The zero-order valence-corrected chi connectivity index (χ0v) is 23.5. The van der Waals surface area contributed by atoms with Gasteiger partial charge in [-0.3, -0.25) is 14.5 Å². The summed E-state index contributed by atoms with van der Waals surface area (Å²) in [5.41, 5.74) is 6.24. The van der Waals surface area contributed by atoms with Gasteiger partial charge in [-0.25, -0.2) is 9.36 Å². The van der Waals surface area contributed by atoms with E-state index >= 15 is 0 Å². The molecule has 1 saturated heterocycles. The lowest BCUT2D eigenvalue weighted by molar-refractivity contribution is -0.682. The third-order valence-corrected chi connectivity index (χ3v) is 8.92. The first-order chi connectivity index (χ1) is 18.1. The van der Waals surface area contributed by atoms with Gasteiger partial charge in [0, 0.05) is 29.6 Å². The summed E-state index contributed by atoms with van der Waals surface area (Å²) < 4.78 is 1.89. The van der Waals surface area contributed by atoms with Crippen LogP contribution in [0.4, 0.5) is 11.6 Å². The van der Waals surface area contributed by atoms with Crippen LogP contribution in [-0.4, -0.2) is 62.7 Å². The minimum Gasteiger partial charge on any atom is -0.477 e. The molecular weight excluding hydrogens is 571 g/mol. The third-order valence-electron chi connectivity index (χ3n) is 5.89. The molecule has 1 aromatic carbocycles. The van der Waals surface area contributed by atoms with Gasteiger partial charge in [0.2, 0.25) is 23.4 Å². The standard InChI is InChI=1S/C24H24Cl2N6O4S2/c1-12-29-17(27)9-18(28-2)31(12)7-3-4-13-10-38-23-20(22(34)32(23)21(13)24(35)36)30-19(33)11-37-16-8-14(25)5-6-15(16)26/h3-6,8-9,20,23H,7,10-11H2,1-2H3,(H4,27,28,30,33,35,36)/p+1/t20-,23-/m1/s1. The number of halogens is 2. The molecule has 0 saturated carbocycles. The molecule has 2 amide bonds. The van der Waals surface area contributed by atoms with Gasteiger partial charge in [0.15, 0.2) is 0 Å². The van der Waals surface area contributed by atoms with Gasteiger partial charge in [-0.2, -0.15) is 0 Å². The Kier molecular flexibility index (Phi) is 8.76. The first kappa shape index (κ1) is 28.1. The molecule has 200 valence electrons. The second kappa shape index (κ2) is 11.9. The van der Waals surface area contributed by atoms with Gasteiger partial charge < -0.3 is 21.5 Å². The zero-order chi connectivity index (χ0) is 27.6. The Morgan fingerprint density at radius 2 is 2.13 bits per heavy atom. The van der Waals surface area contributed by atoms with Crippen LogP contribution in [0, 0.1) is 6.92 Å². The molecule has 2 aromatic rings. The van der Waals surface area contributed by atoms with Crippen LogP contribution < -0.4 is 20.9 Å². The molecule has 14 heteroatoms. The number of aryl methyl sites for hydroxylation is 1. The molecule has 1 fully saturated rings. The number of aliphatic carboxylic acids is 1. The molecule has 0 unspecified atom stereocenters. The summed E-state index contributed by atoms with van der Waals surface area (Å²) in [4.78, 5) is 43.7. The number of carbonyl (C=O) groups is 3. The van der Waals surface area contributed by atoms with Crippen LogP contribution in [0.25, 0.3) is 0 Å². The van der Waals surface area contributed by atoms with Crippen molar-refractivity contribution in [3.8, 4) is 0 Å². The monoisotopic (exact) mass is 595 g/mol. The van der Waals surface area contributed by atoms with Gasteiger partial charge in [0.05, 0.1) is 23.4 Å². The summed E-state index contributed by atoms with van der Waals surface area (Å²) in [6, 6.07) is 5.87. The summed E-state index contributed by atoms with van der Waals surface area (Å²) in [5, 5.41) is 16.2. The smallest absolute Gasteiger partial charge is 0.352 e. The highest BCUT2D eigenvalue weighted by molar-refractivity contribution is 8.00. The Bertz CT molecular complexity index is 1370. The minimum atomic E-state index is -1.20. The van der Waals surface area contributed by atoms with Gasteiger partial charge in [-0.15, -0.1) is 23.5 Å². The molecule has 38 heavy (non-hydrogen) atoms. The van der Waals surface area contributed by atoms with Crippen molar-refractivity contribution in [3.05, 3.63) is 63.6 Å². The number of nitrogens with one attached hydrogen (secondary N) is 2. The third kappa shape index (κ3) is 5.88. The number of β-lactam (4-membered cyclic amide) rings is 1. The van der Waals surface area contributed by atoms with Crippen molar-refractivity contribution >= 4 is 76.1 Å². The van der Waals surface area contributed by atoms with Crippen molar-refractivity contribution in [3.63, 3.8) is 0 Å². The highest BCUT2D eigenvalue weighted by atomic mass is 35.5. The number of carbonyl (C=O) groups excluding carboxylic acids is 2. The van der Waals surface area contributed by atoms with E-state index in [4.69, 9.17) is 28.9 Å². The van der Waals surface area contributed by atoms with Crippen LogP contribution in [0.1, 0.15) is 5.82 Å².